The average Bonchev–Trinajstić information content (AvgIpc) is 2.81. The van der Waals surface area contributed by atoms with Crippen LogP contribution in [0.3, 0.4) is 0 Å². The van der Waals surface area contributed by atoms with Crippen LogP contribution in [0.15, 0.2) is 41.4 Å². The number of nitrogens with one attached hydrogen (secondary N) is 1. The van der Waals surface area contributed by atoms with Crippen molar-refractivity contribution in [2.75, 3.05) is 6.54 Å². The highest BCUT2D eigenvalue weighted by atomic mass is 16.5. The molecule has 1 aliphatic rings. The van der Waals surface area contributed by atoms with Crippen molar-refractivity contribution in [3.8, 4) is 0 Å². The van der Waals surface area contributed by atoms with Crippen LogP contribution in [0.4, 0.5) is 4.79 Å². The molecule has 0 fully saturated rings. The molecule has 4 nitrogen and oxygen atoms in total. The summed E-state index contributed by atoms with van der Waals surface area (Å²) in [6, 6.07) is 9.47. The largest absolute Gasteiger partial charge is 0.445 e. The third-order valence-corrected chi connectivity index (χ3v) is 2.17. The van der Waals surface area contributed by atoms with Gasteiger partial charge in [0.05, 0.1) is 12.6 Å². The van der Waals surface area contributed by atoms with Gasteiger partial charge in [-0.1, -0.05) is 30.3 Å². The Kier molecular flexibility index (Phi) is 3.36. The minimum absolute atomic E-state index is 0.0803. The lowest BCUT2D eigenvalue weighted by Gasteiger charge is -2.09. The van der Waals surface area contributed by atoms with Crippen molar-refractivity contribution in [2.24, 2.45) is 4.99 Å². The van der Waals surface area contributed by atoms with Gasteiger partial charge in [0.1, 0.15) is 6.61 Å². The molecule has 1 aromatic rings. The van der Waals surface area contributed by atoms with E-state index in [1.165, 1.54) is 0 Å². The summed E-state index contributed by atoms with van der Waals surface area (Å²) in [5.41, 5.74) is 0.968. The number of carbonyl (C=O) groups is 1. The van der Waals surface area contributed by atoms with Crippen molar-refractivity contribution < 1.29 is 9.53 Å². The number of rotatable bonds is 3. The second-order valence-electron chi connectivity index (χ2n) is 3.45. The number of hydrogen-bond acceptors (Lipinski definition) is 3. The molecule has 1 aromatic carbocycles. The van der Waals surface area contributed by atoms with E-state index in [-0.39, 0.29) is 12.6 Å². The van der Waals surface area contributed by atoms with E-state index in [4.69, 9.17) is 4.74 Å². The maximum Gasteiger partial charge on any atom is 0.408 e. The minimum Gasteiger partial charge on any atom is -0.445 e. The molecule has 0 aliphatic carbocycles. The first-order chi connectivity index (χ1) is 7.84. The van der Waals surface area contributed by atoms with Crippen LogP contribution in [0.25, 0.3) is 0 Å². The van der Waals surface area contributed by atoms with Crippen molar-refractivity contribution in [2.45, 2.75) is 12.6 Å². The third-order valence-electron chi connectivity index (χ3n) is 2.17. The summed E-state index contributed by atoms with van der Waals surface area (Å²) in [5, 5.41) is 2.68. The lowest BCUT2D eigenvalue weighted by Crippen LogP contribution is -2.34. The van der Waals surface area contributed by atoms with E-state index in [0.717, 1.165) is 5.56 Å². The molecule has 1 heterocycles. The number of carbonyl (C=O) groups excluding carboxylic acids is 1. The SMILES string of the molecule is O=C(NC1C=C=NC1)OCc1ccccc1. The molecule has 4 heteroatoms. The molecular formula is C12H12N2O2. The Labute approximate surface area is 93.6 Å². The Morgan fingerprint density at radius 2 is 2.31 bits per heavy atom. The molecule has 0 radical (unpaired) electrons. The van der Waals surface area contributed by atoms with Gasteiger partial charge in [-0.2, -0.15) is 0 Å². The first kappa shape index (κ1) is 10.5. The zero-order valence-corrected chi connectivity index (χ0v) is 8.72. The molecule has 1 amide bonds. The highest BCUT2D eigenvalue weighted by Gasteiger charge is 2.11. The van der Waals surface area contributed by atoms with Gasteiger partial charge >= 0.3 is 6.09 Å². The molecule has 82 valence electrons. The average molecular weight is 216 g/mol. The van der Waals surface area contributed by atoms with Gasteiger partial charge in [0.25, 0.3) is 0 Å². The van der Waals surface area contributed by atoms with Crippen LogP contribution in [0.1, 0.15) is 5.56 Å². The standard InChI is InChI=1S/C12H12N2O2/c15-12(14-11-6-7-13-8-11)16-9-10-4-2-1-3-5-10/h1-6,11H,8-9H2,(H,14,15). The predicted molar refractivity (Wildman–Crippen MR) is 60.4 cm³/mol. The van der Waals surface area contributed by atoms with Crippen molar-refractivity contribution in [3.05, 3.63) is 42.0 Å². The number of benzene rings is 1. The smallest absolute Gasteiger partial charge is 0.408 e. The lowest BCUT2D eigenvalue weighted by molar-refractivity contribution is 0.138. The molecule has 0 saturated carbocycles. The van der Waals surface area contributed by atoms with Gasteiger partial charge in [-0.25, -0.2) is 9.79 Å². The Bertz CT molecular complexity index is 422. The predicted octanol–water partition coefficient (Wildman–Crippen LogP) is 1.52. The van der Waals surface area contributed by atoms with Gasteiger partial charge in [0.15, 0.2) is 0 Å². The highest BCUT2D eigenvalue weighted by molar-refractivity contribution is 5.69. The number of alkyl carbamates (subject to hydrolysis) is 1. The Morgan fingerprint density at radius 1 is 1.50 bits per heavy atom. The molecule has 0 saturated heterocycles. The van der Waals surface area contributed by atoms with Crippen LogP contribution >= 0.6 is 0 Å². The summed E-state index contributed by atoms with van der Waals surface area (Å²) in [7, 11) is 0. The number of amides is 1. The topological polar surface area (TPSA) is 50.7 Å². The van der Waals surface area contributed by atoms with Crippen molar-refractivity contribution in [3.63, 3.8) is 0 Å². The second kappa shape index (κ2) is 5.14. The van der Waals surface area contributed by atoms with Crippen LogP contribution in [0.5, 0.6) is 0 Å². The third kappa shape index (κ3) is 2.97. The molecule has 2 rings (SSSR count). The number of aliphatic imine (C=N–C) groups is 1. The van der Waals surface area contributed by atoms with Crippen LogP contribution < -0.4 is 5.32 Å². The molecule has 1 atom stereocenters. The van der Waals surface area contributed by atoms with E-state index >= 15 is 0 Å². The second-order valence-corrected chi connectivity index (χ2v) is 3.45. The van der Waals surface area contributed by atoms with E-state index in [2.05, 4.69) is 16.2 Å². The molecule has 1 aliphatic heterocycles. The number of ether oxygens (including phenoxy) is 1. The van der Waals surface area contributed by atoms with E-state index in [9.17, 15) is 4.79 Å². The maximum absolute atomic E-state index is 11.3. The number of hydrogen-bond donors (Lipinski definition) is 1. The minimum atomic E-state index is -0.427. The van der Waals surface area contributed by atoms with E-state index in [0.29, 0.717) is 6.54 Å². The van der Waals surface area contributed by atoms with Crippen LogP contribution in [-0.2, 0) is 11.3 Å². The van der Waals surface area contributed by atoms with Gasteiger partial charge in [-0.15, -0.1) is 0 Å². The molecule has 16 heavy (non-hydrogen) atoms. The van der Waals surface area contributed by atoms with Crippen molar-refractivity contribution >= 4 is 12.0 Å². The van der Waals surface area contributed by atoms with Gasteiger partial charge in [-0.3, -0.25) is 0 Å². The van der Waals surface area contributed by atoms with E-state index < -0.39 is 6.09 Å². The zero-order chi connectivity index (χ0) is 11.2. The zero-order valence-electron chi connectivity index (χ0n) is 8.72. The Balaban J connectivity index is 1.74. The monoisotopic (exact) mass is 216 g/mol. The normalized spacial score (nSPS) is 17.4. The molecule has 1 unspecified atom stereocenters. The fourth-order valence-corrected chi connectivity index (χ4v) is 1.35. The first-order valence-electron chi connectivity index (χ1n) is 5.07. The molecular weight excluding hydrogens is 204 g/mol. The van der Waals surface area contributed by atoms with E-state index in [1.54, 1.807) is 6.08 Å². The van der Waals surface area contributed by atoms with Crippen molar-refractivity contribution in [1.82, 2.24) is 5.32 Å². The highest BCUT2D eigenvalue weighted by Crippen LogP contribution is 2.01. The van der Waals surface area contributed by atoms with Gasteiger partial charge < -0.3 is 10.1 Å². The Hall–Kier alpha value is -2.06. The summed E-state index contributed by atoms with van der Waals surface area (Å²) in [4.78, 5) is 15.2. The molecule has 0 spiro atoms. The van der Waals surface area contributed by atoms with Crippen LogP contribution in [-0.4, -0.2) is 24.5 Å². The fourth-order valence-electron chi connectivity index (χ4n) is 1.35. The summed E-state index contributed by atoms with van der Waals surface area (Å²) in [6.45, 7) is 0.824. The summed E-state index contributed by atoms with van der Waals surface area (Å²) in [5.74, 6) is 2.68. The lowest BCUT2D eigenvalue weighted by atomic mass is 10.2. The summed E-state index contributed by atoms with van der Waals surface area (Å²) < 4.78 is 5.05. The summed E-state index contributed by atoms with van der Waals surface area (Å²) in [6.07, 6.45) is 1.29. The molecule has 0 bridgehead atoms. The summed E-state index contributed by atoms with van der Waals surface area (Å²) >= 11 is 0. The van der Waals surface area contributed by atoms with E-state index in [1.807, 2.05) is 30.3 Å². The van der Waals surface area contributed by atoms with Crippen LogP contribution in [0.2, 0.25) is 0 Å². The Morgan fingerprint density at radius 3 is 3.00 bits per heavy atom. The first-order valence-corrected chi connectivity index (χ1v) is 5.07. The number of nitrogens with zero attached hydrogens (tertiary/aromatic N) is 1. The molecule has 1 N–H and O–H groups in total. The maximum atomic E-state index is 11.3. The fraction of sp³-hybridized carbons (Fsp3) is 0.250. The van der Waals surface area contributed by atoms with Crippen LogP contribution in [0, 0.1) is 0 Å². The molecule has 0 aromatic heterocycles. The van der Waals surface area contributed by atoms with Gasteiger partial charge in [-0.05, 0) is 11.4 Å². The quantitative estimate of drug-likeness (QED) is 0.832. The van der Waals surface area contributed by atoms with Crippen molar-refractivity contribution in [1.29, 1.82) is 0 Å². The van der Waals surface area contributed by atoms with Gasteiger partial charge in [0, 0.05) is 6.08 Å². The van der Waals surface area contributed by atoms with Gasteiger partial charge in [0.2, 0.25) is 0 Å².